The monoisotopic (exact) mass is 393 g/mol. The standard InChI is InChI=1S/C22H20FN3O3/c23-15-7-5-14(6-8-15)12-25-18-4-2-1-3-16(18)17-11-19-21(28)24(9-10-27)22(29)26(19)13-20(17)25/h1-8,27-28H,9-13H2. The van der Waals surface area contributed by atoms with Crippen LogP contribution in [0.3, 0.4) is 0 Å². The van der Waals surface area contributed by atoms with Crippen molar-refractivity contribution in [2.45, 2.75) is 26.1 Å². The molecule has 1 aliphatic heterocycles. The van der Waals surface area contributed by atoms with E-state index in [1.165, 1.54) is 16.7 Å². The first-order valence-electron chi connectivity index (χ1n) is 9.54. The number of imidazole rings is 1. The van der Waals surface area contributed by atoms with Crippen LogP contribution in [0.1, 0.15) is 22.5 Å². The summed E-state index contributed by atoms with van der Waals surface area (Å²) < 4.78 is 18.3. The second-order valence-corrected chi connectivity index (χ2v) is 7.35. The van der Waals surface area contributed by atoms with Crippen LogP contribution in [0.4, 0.5) is 4.39 Å². The Morgan fingerprint density at radius 2 is 1.76 bits per heavy atom. The maximum Gasteiger partial charge on any atom is 0.331 e. The molecule has 2 aromatic heterocycles. The van der Waals surface area contributed by atoms with Crippen LogP contribution in [0.25, 0.3) is 10.9 Å². The van der Waals surface area contributed by atoms with Crippen LogP contribution in [-0.2, 0) is 26.1 Å². The molecule has 0 bridgehead atoms. The van der Waals surface area contributed by atoms with E-state index >= 15 is 0 Å². The Hall–Kier alpha value is -3.32. The lowest BCUT2D eigenvalue weighted by atomic mass is 10.0. The first-order valence-corrected chi connectivity index (χ1v) is 9.54. The number of para-hydroxylation sites is 1. The molecule has 7 heteroatoms. The molecule has 2 aromatic carbocycles. The lowest BCUT2D eigenvalue weighted by Crippen LogP contribution is -2.29. The topological polar surface area (TPSA) is 72.3 Å². The molecule has 0 saturated heterocycles. The predicted molar refractivity (Wildman–Crippen MR) is 107 cm³/mol. The SMILES string of the molecule is O=c1n(CCO)c(O)c2n1Cc1c(c3ccccc3n1Cc1ccc(F)cc1)C2. The van der Waals surface area contributed by atoms with Gasteiger partial charge in [-0.25, -0.2) is 9.18 Å². The lowest BCUT2D eigenvalue weighted by Gasteiger charge is -2.18. The molecule has 4 aromatic rings. The summed E-state index contributed by atoms with van der Waals surface area (Å²) >= 11 is 0. The number of nitrogens with zero attached hydrogens (tertiary/aromatic N) is 3. The Morgan fingerprint density at radius 1 is 1.00 bits per heavy atom. The lowest BCUT2D eigenvalue weighted by molar-refractivity contribution is 0.264. The first kappa shape index (κ1) is 17.8. The molecular formula is C22H20FN3O3. The molecule has 0 unspecified atom stereocenters. The number of aromatic nitrogens is 3. The van der Waals surface area contributed by atoms with E-state index in [1.807, 2.05) is 24.3 Å². The fraction of sp³-hybridized carbons (Fsp3) is 0.227. The van der Waals surface area contributed by atoms with Gasteiger partial charge in [0.2, 0.25) is 5.88 Å². The van der Waals surface area contributed by atoms with Gasteiger partial charge in [0.1, 0.15) is 5.82 Å². The summed E-state index contributed by atoms with van der Waals surface area (Å²) in [4.78, 5) is 12.8. The van der Waals surface area contributed by atoms with Crippen LogP contribution in [0.2, 0.25) is 0 Å². The summed E-state index contributed by atoms with van der Waals surface area (Å²) in [6, 6.07) is 14.5. The number of fused-ring (bicyclic) bond motifs is 4. The van der Waals surface area contributed by atoms with E-state index in [4.69, 9.17) is 0 Å². The highest BCUT2D eigenvalue weighted by molar-refractivity contribution is 5.86. The van der Waals surface area contributed by atoms with E-state index in [0.717, 1.165) is 27.7 Å². The molecule has 3 heterocycles. The molecule has 148 valence electrons. The Balaban J connectivity index is 1.67. The van der Waals surface area contributed by atoms with Crippen molar-refractivity contribution >= 4 is 10.9 Å². The number of hydrogen-bond acceptors (Lipinski definition) is 3. The fourth-order valence-electron chi connectivity index (χ4n) is 4.34. The number of aliphatic hydroxyl groups is 1. The van der Waals surface area contributed by atoms with Gasteiger partial charge in [-0.1, -0.05) is 30.3 Å². The highest BCUT2D eigenvalue weighted by atomic mass is 19.1. The summed E-state index contributed by atoms with van der Waals surface area (Å²) in [6.45, 7) is 0.740. The molecule has 5 rings (SSSR count). The number of aliphatic hydroxyl groups excluding tert-OH is 1. The number of benzene rings is 2. The van der Waals surface area contributed by atoms with E-state index in [1.54, 1.807) is 16.7 Å². The van der Waals surface area contributed by atoms with Gasteiger partial charge in [-0.05, 0) is 29.3 Å². The molecule has 0 fully saturated rings. The van der Waals surface area contributed by atoms with E-state index in [2.05, 4.69) is 4.57 Å². The van der Waals surface area contributed by atoms with Gasteiger partial charge in [0.25, 0.3) is 0 Å². The average Bonchev–Trinajstić information content (AvgIpc) is 3.16. The first-order chi connectivity index (χ1) is 14.1. The third-order valence-electron chi connectivity index (χ3n) is 5.73. The van der Waals surface area contributed by atoms with Crippen molar-refractivity contribution in [3.8, 4) is 5.88 Å². The molecular weight excluding hydrogens is 373 g/mol. The van der Waals surface area contributed by atoms with E-state index in [-0.39, 0.29) is 30.5 Å². The van der Waals surface area contributed by atoms with Crippen LogP contribution in [-0.4, -0.2) is 30.5 Å². The molecule has 0 spiro atoms. The minimum Gasteiger partial charge on any atom is -0.493 e. The molecule has 1 aliphatic rings. The maximum absolute atomic E-state index is 13.3. The Morgan fingerprint density at radius 3 is 2.52 bits per heavy atom. The van der Waals surface area contributed by atoms with Gasteiger partial charge in [-0.15, -0.1) is 0 Å². The predicted octanol–water partition coefficient (Wildman–Crippen LogP) is 2.44. The highest BCUT2D eigenvalue weighted by Gasteiger charge is 2.29. The van der Waals surface area contributed by atoms with E-state index in [0.29, 0.717) is 25.2 Å². The van der Waals surface area contributed by atoms with Crippen LogP contribution in [0.5, 0.6) is 5.88 Å². The summed E-state index contributed by atoms with van der Waals surface area (Å²) in [6.07, 6.45) is 0.436. The van der Waals surface area contributed by atoms with Crippen LogP contribution in [0, 0.1) is 5.82 Å². The Labute approximate surface area is 165 Å². The van der Waals surface area contributed by atoms with Crippen LogP contribution >= 0.6 is 0 Å². The molecule has 0 saturated carbocycles. The smallest absolute Gasteiger partial charge is 0.331 e. The van der Waals surface area contributed by atoms with Gasteiger partial charge in [-0.2, -0.15) is 0 Å². The molecule has 0 aliphatic carbocycles. The van der Waals surface area contributed by atoms with E-state index < -0.39 is 0 Å². The molecule has 0 radical (unpaired) electrons. The summed E-state index contributed by atoms with van der Waals surface area (Å²) in [5.41, 5.74) is 4.35. The van der Waals surface area contributed by atoms with Crippen molar-refractivity contribution in [2.75, 3.05) is 6.61 Å². The summed E-state index contributed by atoms with van der Waals surface area (Å²) in [5.74, 6) is -0.352. The molecule has 0 atom stereocenters. The van der Waals surface area contributed by atoms with Gasteiger partial charge < -0.3 is 14.8 Å². The second-order valence-electron chi connectivity index (χ2n) is 7.35. The molecule has 29 heavy (non-hydrogen) atoms. The van der Waals surface area contributed by atoms with Crippen LogP contribution < -0.4 is 5.69 Å². The fourth-order valence-corrected chi connectivity index (χ4v) is 4.34. The van der Waals surface area contributed by atoms with Gasteiger partial charge in [0.15, 0.2) is 0 Å². The zero-order valence-corrected chi connectivity index (χ0v) is 15.7. The van der Waals surface area contributed by atoms with Gasteiger partial charge in [-0.3, -0.25) is 9.13 Å². The van der Waals surface area contributed by atoms with Crippen molar-refractivity contribution in [2.24, 2.45) is 0 Å². The van der Waals surface area contributed by atoms with Crippen molar-refractivity contribution in [1.82, 2.24) is 13.7 Å². The minimum absolute atomic E-state index is 0.0607. The Bertz CT molecular complexity index is 1280. The van der Waals surface area contributed by atoms with Crippen molar-refractivity contribution in [3.05, 3.63) is 87.3 Å². The third kappa shape index (κ3) is 2.69. The normalized spacial score (nSPS) is 12.9. The number of halogens is 1. The third-order valence-corrected chi connectivity index (χ3v) is 5.73. The number of rotatable bonds is 4. The number of hydrogen-bond donors (Lipinski definition) is 2. The summed E-state index contributed by atoms with van der Waals surface area (Å²) in [7, 11) is 0. The molecule has 2 N–H and O–H groups in total. The number of aromatic hydroxyl groups is 1. The van der Waals surface area contributed by atoms with Gasteiger partial charge >= 0.3 is 5.69 Å². The molecule has 6 nitrogen and oxygen atoms in total. The van der Waals surface area contributed by atoms with Gasteiger partial charge in [0.05, 0.1) is 25.4 Å². The zero-order valence-electron chi connectivity index (χ0n) is 15.7. The largest absolute Gasteiger partial charge is 0.493 e. The maximum atomic E-state index is 13.3. The van der Waals surface area contributed by atoms with Crippen LogP contribution in [0.15, 0.2) is 53.3 Å². The Kier molecular flexibility index (Phi) is 4.06. The van der Waals surface area contributed by atoms with Crippen molar-refractivity contribution < 1.29 is 14.6 Å². The van der Waals surface area contributed by atoms with Gasteiger partial charge in [0, 0.05) is 29.6 Å². The zero-order chi connectivity index (χ0) is 20.1. The highest BCUT2D eigenvalue weighted by Crippen LogP contribution is 2.35. The quantitative estimate of drug-likeness (QED) is 0.493. The van der Waals surface area contributed by atoms with Crippen molar-refractivity contribution in [1.29, 1.82) is 0 Å². The minimum atomic E-state index is -0.323. The summed E-state index contributed by atoms with van der Waals surface area (Å²) in [5, 5.41) is 20.8. The average molecular weight is 393 g/mol. The second kappa shape index (κ2) is 6.63. The molecule has 0 amide bonds. The van der Waals surface area contributed by atoms with E-state index in [9.17, 15) is 19.4 Å². The van der Waals surface area contributed by atoms with Crippen molar-refractivity contribution in [3.63, 3.8) is 0 Å².